The standard InChI is InChI=1S/C5H4O3.BH3/c6-5(7)4-2-1-3-8-4;/h1-3H,(H,6,7);1H3. The van der Waals surface area contributed by atoms with E-state index in [2.05, 4.69) is 4.42 Å². The number of hydrogen-bond acceptors (Lipinski definition) is 2. The minimum atomic E-state index is -1.03. The summed E-state index contributed by atoms with van der Waals surface area (Å²) in [7, 11) is 0. The number of aromatic carboxylic acids is 1. The van der Waals surface area contributed by atoms with E-state index in [1.165, 1.54) is 18.4 Å². The summed E-state index contributed by atoms with van der Waals surface area (Å²) in [5.74, 6) is -1.06. The molecule has 0 amide bonds. The van der Waals surface area contributed by atoms with Crippen LogP contribution in [0.5, 0.6) is 0 Å². The smallest absolute Gasteiger partial charge is 0.371 e. The monoisotopic (exact) mass is 126 g/mol. The van der Waals surface area contributed by atoms with Crippen LogP contribution in [0, 0.1) is 0 Å². The number of rotatable bonds is 1. The highest BCUT2D eigenvalue weighted by Crippen LogP contribution is 1.97. The molecular formula is C5H7BO3. The Bertz CT molecular complexity index is 180. The van der Waals surface area contributed by atoms with Crippen LogP contribution in [0.4, 0.5) is 0 Å². The van der Waals surface area contributed by atoms with Crippen LogP contribution in [-0.2, 0) is 0 Å². The summed E-state index contributed by atoms with van der Waals surface area (Å²) in [6, 6.07) is 2.92. The zero-order chi connectivity index (χ0) is 5.98. The molecule has 4 heteroatoms. The van der Waals surface area contributed by atoms with Crippen molar-refractivity contribution in [2.24, 2.45) is 0 Å². The maximum atomic E-state index is 9.97. The van der Waals surface area contributed by atoms with Gasteiger partial charge in [-0.1, -0.05) is 0 Å². The molecule has 9 heavy (non-hydrogen) atoms. The molecule has 0 atom stereocenters. The first-order chi connectivity index (χ1) is 3.80. The summed E-state index contributed by atoms with van der Waals surface area (Å²) in [5.41, 5.74) is 0. The van der Waals surface area contributed by atoms with Gasteiger partial charge < -0.3 is 9.52 Å². The highest BCUT2D eigenvalue weighted by atomic mass is 16.4. The average molecular weight is 126 g/mol. The largest absolute Gasteiger partial charge is 0.475 e. The lowest BCUT2D eigenvalue weighted by Gasteiger charge is -1.79. The molecule has 48 valence electrons. The van der Waals surface area contributed by atoms with E-state index in [0.29, 0.717) is 0 Å². The summed E-state index contributed by atoms with van der Waals surface area (Å²) >= 11 is 0. The molecule has 0 unspecified atom stereocenters. The Morgan fingerprint density at radius 1 is 1.67 bits per heavy atom. The van der Waals surface area contributed by atoms with Crippen LogP contribution < -0.4 is 0 Å². The second-order valence-electron chi connectivity index (χ2n) is 1.28. The molecule has 0 bridgehead atoms. The lowest BCUT2D eigenvalue weighted by atomic mass is 10.5. The number of hydrogen-bond donors (Lipinski definition) is 1. The van der Waals surface area contributed by atoms with Gasteiger partial charge in [0.25, 0.3) is 0 Å². The van der Waals surface area contributed by atoms with Crippen LogP contribution in [0.3, 0.4) is 0 Å². The van der Waals surface area contributed by atoms with Crippen molar-refractivity contribution in [3.05, 3.63) is 24.2 Å². The third-order valence-electron chi connectivity index (χ3n) is 0.732. The van der Waals surface area contributed by atoms with Gasteiger partial charge >= 0.3 is 5.97 Å². The first-order valence-corrected chi connectivity index (χ1v) is 2.07. The van der Waals surface area contributed by atoms with Gasteiger partial charge in [0.2, 0.25) is 5.76 Å². The lowest BCUT2D eigenvalue weighted by Crippen LogP contribution is -1.90. The quantitative estimate of drug-likeness (QED) is 0.529. The van der Waals surface area contributed by atoms with Gasteiger partial charge in [0, 0.05) is 0 Å². The number of furan rings is 1. The Morgan fingerprint density at radius 2 is 2.33 bits per heavy atom. The van der Waals surface area contributed by atoms with Gasteiger partial charge in [0.1, 0.15) is 0 Å². The van der Waals surface area contributed by atoms with Crippen molar-refractivity contribution in [3.8, 4) is 0 Å². The van der Waals surface area contributed by atoms with Gasteiger partial charge in [0.15, 0.2) is 0 Å². The molecule has 0 fully saturated rings. The summed E-state index contributed by atoms with van der Waals surface area (Å²) in [5, 5.41) is 8.18. The van der Waals surface area contributed by atoms with Crippen molar-refractivity contribution >= 4 is 14.4 Å². The summed E-state index contributed by atoms with van der Waals surface area (Å²) in [6.07, 6.45) is 1.32. The van der Waals surface area contributed by atoms with Gasteiger partial charge in [-0.25, -0.2) is 4.79 Å². The summed E-state index contributed by atoms with van der Waals surface area (Å²) < 4.78 is 4.50. The molecule has 0 radical (unpaired) electrons. The molecule has 3 nitrogen and oxygen atoms in total. The lowest BCUT2D eigenvalue weighted by molar-refractivity contribution is 0.0662. The first kappa shape index (κ1) is 7.81. The molecule has 1 aromatic heterocycles. The molecular weight excluding hydrogens is 119 g/mol. The van der Waals surface area contributed by atoms with Crippen molar-refractivity contribution in [1.29, 1.82) is 0 Å². The van der Waals surface area contributed by atoms with Crippen LogP contribution in [0.25, 0.3) is 0 Å². The Kier molecular flexibility index (Phi) is 2.58. The Labute approximate surface area is 53.9 Å². The molecule has 1 aromatic rings. The maximum Gasteiger partial charge on any atom is 0.371 e. The predicted octanol–water partition coefficient (Wildman–Crippen LogP) is -0.206. The van der Waals surface area contributed by atoms with Crippen LogP contribution in [0.15, 0.2) is 22.8 Å². The Balaban J connectivity index is 0.000000640. The van der Waals surface area contributed by atoms with E-state index in [1.807, 2.05) is 0 Å². The molecule has 0 aliphatic heterocycles. The fourth-order valence-electron chi connectivity index (χ4n) is 0.400. The van der Waals surface area contributed by atoms with Gasteiger partial charge in [-0.2, -0.15) is 0 Å². The van der Waals surface area contributed by atoms with Crippen LogP contribution >= 0.6 is 0 Å². The van der Waals surface area contributed by atoms with E-state index in [9.17, 15) is 4.79 Å². The highest BCUT2D eigenvalue weighted by Gasteiger charge is 2.01. The first-order valence-electron chi connectivity index (χ1n) is 2.07. The normalized spacial score (nSPS) is 8.00. The van der Waals surface area contributed by atoms with Crippen molar-refractivity contribution in [1.82, 2.24) is 0 Å². The van der Waals surface area contributed by atoms with Crippen LogP contribution in [-0.4, -0.2) is 19.5 Å². The van der Waals surface area contributed by atoms with Crippen molar-refractivity contribution in [3.63, 3.8) is 0 Å². The molecule has 0 saturated heterocycles. The van der Waals surface area contributed by atoms with Crippen molar-refractivity contribution in [2.75, 3.05) is 0 Å². The Morgan fingerprint density at radius 3 is 2.56 bits per heavy atom. The fourth-order valence-corrected chi connectivity index (χ4v) is 0.400. The minimum Gasteiger partial charge on any atom is -0.475 e. The maximum absolute atomic E-state index is 9.97. The van der Waals surface area contributed by atoms with Crippen LogP contribution in [0.1, 0.15) is 10.6 Å². The van der Waals surface area contributed by atoms with Gasteiger partial charge in [-0.15, -0.1) is 0 Å². The molecule has 0 spiro atoms. The van der Waals surface area contributed by atoms with Gasteiger partial charge in [-0.3, -0.25) is 0 Å². The number of carboxylic acid groups (broad SMARTS) is 1. The zero-order valence-electron chi connectivity index (χ0n) is 4.00. The molecule has 1 rings (SSSR count). The second kappa shape index (κ2) is 2.97. The SMILES string of the molecule is B.O=C(O)c1ccco1. The zero-order valence-corrected chi connectivity index (χ0v) is 4.00. The highest BCUT2D eigenvalue weighted by molar-refractivity contribution is 5.84. The number of carboxylic acids is 1. The third kappa shape index (κ3) is 1.64. The van der Waals surface area contributed by atoms with E-state index in [1.54, 1.807) is 0 Å². The minimum absolute atomic E-state index is 0. The van der Waals surface area contributed by atoms with Gasteiger partial charge in [-0.05, 0) is 12.1 Å². The summed E-state index contributed by atoms with van der Waals surface area (Å²) in [4.78, 5) is 9.97. The van der Waals surface area contributed by atoms with E-state index >= 15 is 0 Å². The molecule has 0 saturated carbocycles. The van der Waals surface area contributed by atoms with E-state index in [4.69, 9.17) is 5.11 Å². The third-order valence-corrected chi connectivity index (χ3v) is 0.732. The number of carbonyl (C=O) groups is 1. The molecule has 1 heterocycles. The van der Waals surface area contributed by atoms with Crippen molar-refractivity contribution < 1.29 is 14.3 Å². The molecule has 0 aromatic carbocycles. The summed E-state index contributed by atoms with van der Waals surface area (Å²) in [6.45, 7) is 0. The second-order valence-corrected chi connectivity index (χ2v) is 1.28. The average Bonchev–Trinajstić information content (AvgIpc) is 2.12. The van der Waals surface area contributed by atoms with E-state index in [-0.39, 0.29) is 14.2 Å². The predicted molar refractivity (Wildman–Crippen MR) is 35.6 cm³/mol. The van der Waals surface area contributed by atoms with Crippen LogP contribution in [0.2, 0.25) is 0 Å². The molecule has 1 N–H and O–H groups in total. The molecule has 0 aliphatic rings. The molecule has 0 aliphatic carbocycles. The van der Waals surface area contributed by atoms with E-state index in [0.717, 1.165) is 0 Å². The topological polar surface area (TPSA) is 50.4 Å². The van der Waals surface area contributed by atoms with Crippen molar-refractivity contribution in [2.45, 2.75) is 0 Å². The Hall–Kier alpha value is -1.19. The van der Waals surface area contributed by atoms with E-state index < -0.39 is 5.97 Å². The van der Waals surface area contributed by atoms with Gasteiger partial charge in [0.05, 0.1) is 14.7 Å². The fraction of sp³-hybridized carbons (Fsp3) is 0.